The maximum Gasteiger partial charge on any atom is 0.325 e. The molecule has 0 radical (unpaired) electrons. The van der Waals surface area contributed by atoms with Crippen molar-refractivity contribution in [2.75, 3.05) is 6.54 Å². The van der Waals surface area contributed by atoms with E-state index < -0.39 is 11.6 Å². The van der Waals surface area contributed by atoms with Crippen molar-refractivity contribution in [3.8, 4) is 0 Å². The maximum absolute atomic E-state index is 13.0. The van der Waals surface area contributed by atoms with Crippen molar-refractivity contribution in [2.45, 2.75) is 56.5 Å². The number of nitrogens with one attached hydrogen (secondary N) is 2. The van der Waals surface area contributed by atoms with Gasteiger partial charge in [0.2, 0.25) is 5.91 Å². The minimum absolute atomic E-state index is 0.117. The van der Waals surface area contributed by atoms with E-state index in [-0.39, 0.29) is 23.9 Å². The van der Waals surface area contributed by atoms with Crippen LogP contribution < -0.4 is 10.6 Å². The Hall–Kier alpha value is -2.37. The highest BCUT2D eigenvalue weighted by molar-refractivity contribution is 6.09. The van der Waals surface area contributed by atoms with Crippen LogP contribution in [0.1, 0.15) is 51.0 Å². The number of amides is 4. The summed E-state index contributed by atoms with van der Waals surface area (Å²) in [4.78, 5) is 39.4. The van der Waals surface area contributed by atoms with Crippen molar-refractivity contribution in [3.05, 3.63) is 35.9 Å². The smallest absolute Gasteiger partial charge is 0.325 e. The molecule has 4 bridgehead atoms. The molecule has 6 nitrogen and oxygen atoms in total. The molecule has 0 spiro atoms. The SMILES string of the molecule is CC1(c2ccccc2)NC(=O)N(CC(=O)NC23CC4CC(CC(C4)C2)C3)C1=O. The molecular formula is C22H27N3O3. The van der Waals surface area contributed by atoms with E-state index in [4.69, 9.17) is 0 Å². The lowest BCUT2D eigenvalue weighted by Gasteiger charge is -2.56. The molecule has 148 valence electrons. The summed E-state index contributed by atoms with van der Waals surface area (Å²) in [6.45, 7) is 1.48. The van der Waals surface area contributed by atoms with Crippen LogP contribution in [0.25, 0.3) is 0 Å². The zero-order valence-electron chi connectivity index (χ0n) is 16.2. The van der Waals surface area contributed by atoms with Gasteiger partial charge in [-0.05, 0) is 68.8 Å². The van der Waals surface area contributed by atoms with Gasteiger partial charge in [-0.3, -0.25) is 14.5 Å². The molecule has 1 aliphatic heterocycles. The van der Waals surface area contributed by atoms with Crippen LogP contribution in [-0.2, 0) is 15.1 Å². The predicted molar refractivity (Wildman–Crippen MR) is 103 cm³/mol. The fraction of sp³-hybridized carbons (Fsp3) is 0.591. The highest BCUT2D eigenvalue weighted by Gasteiger charge is 2.53. The lowest BCUT2D eigenvalue weighted by Crippen LogP contribution is -2.61. The second-order valence-electron chi connectivity index (χ2n) is 9.56. The molecule has 5 aliphatic rings. The van der Waals surface area contributed by atoms with Crippen molar-refractivity contribution in [3.63, 3.8) is 0 Å². The summed E-state index contributed by atoms with van der Waals surface area (Å²) in [6, 6.07) is 8.67. The Morgan fingerprint density at radius 3 is 2.21 bits per heavy atom. The molecule has 1 unspecified atom stereocenters. The molecule has 1 saturated heterocycles. The maximum atomic E-state index is 13.0. The normalized spacial score (nSPS) is 38.6. The molecule has 4 saturated carbocycles. The van der Waals surface area contributed by atoms with E-state index in [1.54, 1.807) is 6.92 Å². The highest BCUT2D eigenvalue weighted by Crippen LogP contribution is 2.55. The van der Waals surface area contributed by atoms with E-state index in [0.29, 0.717) is 0 Å². The molecule has 4 amide bonds. The van der Waals surface area contributed by atoms with Crippen LogP contribution in [-0.4, -0.2) is 34.8 Å². The summed E-state index contributed by atoms with van der Waals surface area (Å²) in [6.07, 6.45) is 7.05. The van der Waals surface area contributed by atoms with E-state index in [1.807, 2.05) is 30.3 Å². The third kappa shape index (κ3) is 2.73. The summed E-state index contributed by atoms with van der Waals surface area (Å²) in [5.74, 6) is 1.59. The Morgan fingerprint density at radius 2 is 1.64 bits per heavy atom. The van der Waals surface area contributed by atoms with Crippen LogP contribution in [0.3, 0.4) is 0 Å². The van der Waals surface area contributed by atoms with Crippen LogP contribution in [0.2, 0.25) is 0 Å². The van der Waals surface area contributed by atoms with Gasteiger partial charge < -0.3 is 10.6 Å². The van der Waals surface area contributed by atoms with Gasteiger partial charge in [-0.1, -0.05) is 30.3 Å². The lowest BCUT2D eigenvalue weighted by atomic mass is 9.53. The molecule has 5 fully saturated rings. The second kappa shape index (κ2) is 6.06. The summed E-state index contributed by atoms with van der Waals surface area (Å²) < 4.78 is 0. The standard InChI is InChI=1S/C22H27N3O3/c1-21(17-5-3-2-4-6-17)19(27)25(20(28)24-21)13-18(26)23-22-10-14-7-15(11-22)9-16(8-14)12-22/h2-6,14-16H,7-13H2,1H3,(H,23,26)(H,24,28). The quantitative estimate of drug-likeness (QED) is 0.787. The molecule has 1 atom stereocenters. The predicted octanol–water partition coefficient (Wildman–Crippen LogP) is 2.54. The molecule has 6 heteroatoms. The Labute approximate surface area is 165 Å². The topological polar surface area (TPSA) is 78.5 Å². The van der Waals surface area contributed by atoms with E-state index in [9.17, 15) is 14.4 Å². The molecule has 6 rings (SSSR count). The van der Waals surface area contributed by atoms with Gasteiger partial charge in [-0.15, -0.1) is 0 Å². The number of carbonyl (C=O) groups is 3. The number of benzene rings is 1. The molecule has 1 heterocycles. The molecule has 0 aromatic heterocycles. The van der Waals surface area contributed by atoms with Crippen molar-refractivity contribution < 1.29 is 14.4 Å². The van der Waals surface area contributed by atoms with Crippen molar-refractivity contribution in [2.24, 2.45) is 17.8 Å². The summed E-state index contributed by atoms with van der Waals surface area (Å²) in [5.41, 5.74) is -0.523. The molecule has 28 heavy (non-hydrogen) atoms. The summed E-state index contributed by atoms with van der Waals surface area (Å²) in [7, 11) is 0. The molecule has 2 N–H and O–H groups in total. The molecule has 1 aromatic rings. The van der Waals surface area contributed by atoms with Gasteiger partial charge in [0.1, 0.15) is 12.1 Å². The van der Waals surface area contributed by atoms with Crippen molar-refractivity contribution in [1.29, 1.82) is 0 Å². The fourth-order valence-electron chi connectivity index (χ4n) is 6.55. The Bertz CT molecular complexity index is 801. The number of hydrogen-bond donors (Lipinski definition) is 2. The number of imide groups is 1. The average Bonchev–Trinajstić information content (AvgIpc) is 2.85. The zero-order chi connectivity index (χ0) is 19.5. The van der Waals surface area contributed by atoms with Gasteiger partial charge in [-0.2, -0.15) is 0 Å². The first kappa shape index (κ1) is 17.7. The zero-order valence-corrected chi connectivity index (χ0v) is 16.2. The fourth-order valence-corrected chi connectivity index (χ4v) is 6.55. The van der Waals surface area contributed by atoms with Crippen LogP contribution >= 0.6 is 0 Å². The van der Waals surface area contributed by atoms with E-state index in [0.717, 1.165) is 47.5 Å². The van der Waals surface area contributed by atoms with Crippen LogP contribution in [0.15, 0.2) is 30.3 Å². The van der Waals surface area contributed by atoms with Gasteiger partial charge in [0.15, 0.2) is 0 Å². The van der Waals surface area contributed by atoms with Crippen LogP contribution in [0.5, 0.6) is 0 Å². The monoisotopic (exact) mass is 381 g/mol. The first-order chi connectivity index (χ1) is 13.4. The molecule has 1 aromatic carbocycles. The number of carbonyl (C=O) groups excluding carboxylic acids is 3. The van der Waals surface area contributed by atoms with Crippen molar-refractivity contribution in [1.82, 2.24) is 15.5 Å². The molecule has 4 aliphatic carbocycles. The van der Waals surface area contributed by atoms with E-state index in [1.165, 1.54) is 19.3 Å². The Morgan fingerprint density at radius 1 is 1.07 bits per heavy atom. The van der Waals surface area contributed by atoms with Crippen LogP contribution in [0, 0.1) is 17.8 Å². The number of urea groups is 1. The number of hydrogen-bond acceptors (Lipinski definition) is 3. The number of rotatable bonds is 4. The van der Waals surface area contributed by atoms with Gasteiger partial charge in [0.25, 0.3) is 5.91 Å². The third-order valence-corrected chi connectivity index (χ3v) is 7.37. The largest absolute Gasteiger partial charge is 0.349 e. The van der Waals surface area contributed by atoms with Gasteiger partial charge in [0, 0.05) is 5.54 Å². The van der Waals surface area contributed by atoms with E-state index in [2.05, 4.69) is 10.6 Å². The third-order valence-electron chi connectivity index (χ3n) is 7.37. The van der Waals surface area contributed by atoms with Gasteiger partial charge in [0.05, 0.1) is 0 Å². The molecular weight excluding hydrogens is 354 g/mol. The highest BCUT2D eigenvalue weighted by atomic mass is 16.2. The van der Waals surface area contributed by atoms with Crippen molar-refractivity contribution >= 4 is 17.8 Å². The first-order valence-electron chi connectivity index (χ1n) is 10.4. The second-order valence-corrected chi connectivity index (χ2v) is 9.56. The Kier molecular flexibility index (Phi) is 3.83. The first-order valence-corrected chi connectivity index (χ1v) is 10.4. The average molecular weight is 381 g/mol. The minimum Gasteiger partial charge on any atom is -0.349 e. The van der Waals surface area contributed by atoms with Gasteiger partial charge >= 0.3 is 6.03 Å². The lowest BCUT2D eigenvalue weighted by molar-refractivity contribution is -0.136. The van der Waals surface area contributed by atoms with Crippen LogP contribution in [0.4, 0.5) is 4.79 Å². The minimum atomic E-state index is -1.13. The summed E-state index contributed by atoms with van der Waals surface area (Å²) in [5, 5.41) is 6.02. The Balaban J connectivity index is 1.29. The summed E-state index contributed by atoms with van der Waals surface area (Å²) >= 11 is 0. The van der Waals surface area contributed by atoms with Gasteiger partial charge in [-0.25, -0.2) is 4.79 Å². The van der Waals surface area contributed by atoms with E-state index >= 15 is 0 Å². The number of nitrogens with zero attached hydrogens (tertiary/aromatic N) is 1.